The van der Waals surface area contributed by atoms with Gasteiger partial charge in [-0.1, -0.05) is 18.2 Å². The highest BCUT2D eigenvalue weighted by atomic mass is 16.5. The Balaban J connectivity index is 1.72. The monoisotopic (exact) mass is 451 g/mol. The molecular weight excluding hydrogens is 426 g/mol. The van der Waals surface area contributed by atoms with Crippen molar-refractivity contribution in [2.75, 3.05) is 19.0 Å². The van der Waals surface area contributed by atoms with Crippen molar-refractivity contribution >= 4 is 23.8 Å². The topological polar surface area (TPSA) is 151 Å². The first-order valence-corrected chi connectivity index (χ1v) is 9.88. The van der Waals surface area contributed by atoms with Gasteiger partial charge in [0, 0.05) is 7.05 Å². The lowest BCUT2D eigenvalue weighted by molar-refractivity contribution is -0.118. The summed E-state index contributed by atoms with van der Waals surface area (Å²) in [6.45, 7) is 1.43. The van der Waals surface area contributed by atoms with Crippen molar-refractivity contribution in [3.63, 3.8) is 0 Å². The summed E-state index contributed by atoms with van der Waals surface area (Å²) in [5, 5.41) is 9.91. The van der Waals surface area contributed by atoms with Crippen LogP contribution in [0.15, 0.2) is 63.5 Å². The van der Waals surface area contributed by atoms with Crippen LogP contribution < -0.4 is 31.8 Å². The first-order chi connectivity index (χ1) is 15.8. The zero-order valence-corrected chi connectivity index (χ0v) is 18.5. The van der Waals surface area contributed by atoms with Gasteiger partial charge < -0.3 is 26.3 Å². The van der Waals surface area contributed by atoms with Gasteiger partial charge in [0.15, 0.2) is 18.1 Å². The molecule has 2 aromatic carbocycles. The molecule has 0 atom stereocenters. The van der Waals surface area contributed by atoms with E-state index in [4.69, 9.17) is 20.9 Å². The second kappa shape index (κ2) is 10.2. The van der Waals surface area contributed by atoms with E-state index < -0.39 is 5.91 Å². The van der Waals surface area contributed by atoms with Crippen LogP contribution in [0.1, 0.15) is 11.3 Å². The third-order valence-corrected chi connectivity index (χ3v) is 4.75. The summed E-state index contributed by atoms with van der Waals surface area (Å²) < 4.78 is 14.1. The average molecular weight is 451 g/mol. The van der Waals surface area contributed by atoms with Crippen LogP contribution >= 0.6 is 0 Å². The molecule has 0 aliphatic rings. The van der Waals surface area contributed by atoms with Crippen LogP contribution in [0.2, 0.25) is 0 Å². The van der Waals surface area contributed by atoms with Gasteiger partial charge in [-0.25, -0.2) is 4.68 Å². The number of benzene rings is 2. The molecule has 0 aliphatic heterocycles. The van der Waals surface area contributed by atoms with Crippen molar-refractivity contribution < 1.29 is 14.3 Å². The Morgan fingerprint density at radius 1 is 1.15 bits per heavy atom. The fraction of sp³-hybridized carbons (Fsp3) is 0.182. The normalized spacial score (nSPS) is 10.8. The Kier molecular flexibility index (Phi) is 7.13. The minimum absolute atomic E-state index is 0.159. The Morgan fingerprint density at radius 3 is 2.55 bits per heavy atom. The smallest absolute Gasteiger partial charge is 0.295 e. The van der Waals surface area contributed by atoms with E-state index in [0.717, 1.165) is 0 Å². The molecule has 1 aromatic heterocycles. The van der Waals surface area contributed by atoms with Crippen molar-refractivity contribution in [2.45, 2.75) is 6.92 Å². The number of guanidine groups is 1. The van der Waals surface area contributed by atoms with Crippen molar-refractivity contribution in [1.82, 2.24) is 9.36 Å². The van der Waals surface area contributed by atoms with E-state index in [-0.39, 0.29) is 23.8 Å². The van der Waals surface area contributed by atoms with Gasteiger partial charge in [-0.05, 0) is 42.8 Å². The van der Waals surface area contributed by atoms with Gasteiger partial charge >= 0.3 is 0 Å². The zero-order valence-electron chi connectivity index (χ0n) is 18.5. The maximum absolute atomic E-state index is 12.9. The summed E-state index contributed by atoms with van der Waals surface area (Å²) in [6, 6.07) is 14.1. The molecule has 11 heteroatoms. The molecule has 0 unspecified atom stereocenters. The molecule has 1 heterocycles. The van der Waals surface area contributed by atoms with Crippen LogP contribution in [-0.2, 0) is 11.8 Å². The number of nitrogens with one attached hydrogen (secondary N) is 1. The van der Waals surface area contributed by atoms with Crippen LogP contribution in [0.3, 0.4) is 0 Å². The number of methoxy groups -OCH3 is 1. The first kappa shape index (κ1) is 23.1. The number of nitrogens with zero attached hydrogens (tertiary/aromatic N) is 4. The lowest BCUT2D eigenvalue weighted by Crippen LogP contribution is -2.25. The molecule has 3 rings (SSSR count). The number of rotatable bonds is 8. The standard InChI is InChI=1S/C22H25N7O4/c1-14-20(21(31)29(28(14)2)16-7-5-4-6-8-16)26-19(30)13-33-17-10-9-15(11-18(17)32-3)12-25-27-22(23)24/h4-12H,13H2,1-3H3,(H,26,30)(H4,23,24,27). The highest BCUT2D eigenvalue weighted by Crippen LogP contribution is 2.27. The second-order valence-corrected chi connectivity index (χ2v) is 6.95. The molecule has 0 aliphatic carbocycles. The van der Waals surface area contributed by atoms with Gasteiger partial charge in [-0.15, -0.1) is 5.10 Å². The lowest BCUT2D eigenvalue weighted by atomic mass is 10.2. The van der Waals surface area contributed by atoms with Gasteiger partial charge in [-0.3, -0.25) is 14.3 Å². The first-order valence-electron chi connectivity index (χ1n) is 9.88. The van der Waals surface area contributed by atoms with E-state index in [1.807, 2.05) is 30.3 Å². The third-order valence-electron chi connectivity index (χ3n) is 4.75. The van der Waals surface area contributed by atoms with Gasteiger partial charge in [0.05, 0.1) is 24.7 Å². The molecule has 0 saturated heterocycles. The zero-order chi connectivity index (χ0) is 24.0. The van der Waals surface area contributed by atoms with Crippen LogP contribution in [0, 0.1) is 6.92 Å². The summed E-state index contributed by atoms with van der Waals surface area (Å²) in [7, 11) is 3.22. The fourth-order valence-electron chi connectivity index (χ4n) is 3.08. The number of hydrogen-bond donors (Lipinski definition) is 3. The summed E-state index contributed by atoms with van der Waals surface area (Å²) >= 11 is 0. The molecular formula is C22H25N7O4. The Hall–Kier alpha value is -4.54. The SMILES string of the molecule is COc1cc(C=NN=C(N)N)ccc1OCC(=O)Nc1c(C)n(C)n(-c2ccccc2)c1=O. The van der Waals surface area contributed by atoms with Gasteiger partial charge in [0.1, 0.15) is 5.69 Å². The van der Waals surface area contributed by atoms with Crippen molar-refractivity contribution in [1.29, 1.82) is 0 Å². The third kappa shape index (κ3) is 5.39. The molecule has 0 fully saturated rings. The van der Waals surface area contributed by atoms with Crippen molar-refractivity contribution in [3.05, 3.63) is 70.1 Å². The second-order valence-electron chi connectivity index (χ2n) is 6.95. The lowest BCUT2D eigenvalue weighted by Gasteiger charge is -2.11. The molecule has 1 amide bonds. The van der Waals surface area contributed by atoms with Crippen LogP contribution in [-0.4, -0.2) is 41.2 Å². The molecule has 172 valence electrons. The van der Waals surface area contributed by atoms with Gasteiger partial charge in [-0.2, -0.15) is 5.10 Å². The minimum atomic E-state index is -0.485. The number of carbonyl (C=O) groups is 1. The molecule has 0 bridgehead atoms. The number of aromatic nitrogens is 2. The number of nitrogens with two attached hydrogens (primary N) is 2. The largest absolute Gasteiger partial charge is 0.493 e. The maximum Gasteiger partial charge on any atom is 0.295 e. The Labute approximate surface area is 189 Å². The molecule has 0 spiro atoms. The molecule has 3 aromatic rings. The summed E-state index contributed by atoms with van der Waals surface area (Å²) in [6.07, 6.45) is 1.44. The minimum Gasteiger partial charge on any atom is -0.493 e. The highest BCUT2D eigenvalue weighted by molar-refractivity contribution is 5.92. The predicted molar refractivity (Wildman–Crippen MR) is 126 cm³/mol. The number of carbonyl (C=O) groups excluding carboxylic acids is 1. The molecule has 33 heavy (non-hydrogen) atoms. The van der Waals surface area contributed by atoms with E-state index in [2.05, 4.69) is 15.5 Å². The molecule has 5 N–H and O–H groups in total. The molecule has 11 nitrogen and oxygen atoms in total. The van der Waals surface area contributed by atoms with E-state index in [1.165, 1.54) is 18.0 Å². The predicted octanol–water partition coefficient (Wildman–Crippen LogP) is 1.12. The van der Waals surface area contributed by atoms with E-state index in [0.29, 0.717) is 28.4 Å². The quantitative estimate of drug-likeness (QED) is 0.265. The number of amides is 1. The van der Waals surface area contributed by atoms with Crippen LogP contribution in [0.5, 0.6) is 11.5 Å². The molecule has 0 saturated carbocycles. The Morgan fingerprint density at radius 2 is 1.88 bits per heavy atom. The van der Waals surface area contributed by atoms with Crippen LogP contribution in [0.25, 0.3) is 5.69 Å². The summed E-state index contributed by atoms with van der Waals surface area (Å²) in [5.41, 5.74) is 12.3. The number of ether oxygens (including phenoxy) is 2. The number of para-hydroxylation sites is 1. The fourth-order valence-corrected chi connectivity index (χ4v) is 3.08. The summed E-state index contributed by atoms with van der Waals surface area (Å²) in [4.78, 5) is 25.4. The van der Waals surface area contributed by atoms with Gasteiger partial charge in [0.2, 0.25) is 5.96 Å². The highest BCUT2D eigenvalue weighted by Gasteiger charge is 2.18. The van der Waals surface area contributed by atoms with Crippen molar-refractivity contribution in [3.8, 4) is 17.2 Å². The molecule has 0 radical (unpaired) electrons. The van der Waals surface area contributed by atoms with Crippen molar-refractivity contribution in [2.24, 2.45) is 28.7 Å². The Bertz CT molecular complexity index is 1260. The van der Waals surface area contributed by atoms with E-state index in [9.17, 15) is 9.59 Å². The van der Waals surface area contributed by atoms with E-state index >= 15 is 0 Å². The maximum atomic E-state index is 12.9. The average Bonchev–Trinajstić information content (AvgIpc) is 3.01. The van der Waals surface area contributed by atoms with Gasteiger partial charge in [0.25, 0.3) is 11.5 Å². The van der Waals surface area contributed by atoms with Crippen LogP contribution in [0.4, 0.5) is 5.69 Å². The number of hydrogen-bond acceptors (Lipinski definition) is 6. The number of anilines is 1. The summed E-state index contributed by atoms with van der Waals surface area (Å²) in [5.74, 6) is 0.0896. The van der Waals surface area contributed by atoms with E-state index in [1.54, 1.807) is 36.9 Å².